The predicted molar refractivity (Wildman–Crippen MR) is 99.3 cm³/mol. The SMILES string of the molecule is N[C@H](Cc1ccccc1)C(=O)NCc1ccc(C=O)c2ccccc12. The molecule has 126 valence electrons. The molecule has 0 unspecified atom stereocenters. The summed E-state index contributed by atoms with van der Waals surface area (Å²) in [5.41, 5.74) is 8.65. The third kappa shape index (κ3) is 3.92. The number of amides is 1. The number of nitrogens with one attached hydrogen (secondary N) is 1. The van der Waals surface area contributed by atoms with Crippen LogP contribution in [0, 0.1) is 0 Å². The maximum atomic E-state index is 12.3. The molecular formula is C21H20N2O2. The summed E-state index contributed by atoms with van der Waals surface area (Å²) in [7, 11) is 0. The lowest BCUT2D eigenvalue weighted by Crippen LogP contribution is -2.41. The lowest BCUT2D eigenvalue weighted by molar-refractivity contribution is -0.122. The van der Waals surface area contributed by atoms with E-state index in [-0.39, 0.29) is 5.91 Å². The minimum absolute atomic E-state index is 0.188. The number of rotatable bonds is 6. The normalized spacial score (nSPS) is 11.9. The monoisotopic (exact) mass is 332 g/mol. The highest BCUT2D eigenvalue weighted by Crippen LogP contribution is 2.21. The summed E-state index contributed by atoms with van der Waals surface area (Å²) < 4.78 is 0. The third-order valence-corrected chi connectivity index (χ3v) is 4.26. The molecule has 3 aromatic carbocycles. The van der Waals surface area contributed by atoms with Crippen LogP contribution >= 0.6 is 0 Å². The van der Waals surface area contributed by atoms with E-state index in [0.29, 0.717) is 18.5 Å². The van der Waals surface area contributed by atoms with Crippen molar-refractivity contribution in [2.45, 2.75) is 19.0 Å². The van der Waals surface area contributed by atoms with Gasteiger partial charge in [-0.15, -0.1) is 0 Å². The standard InChI is InChI=1S/C21H20N2O2/c22-20(12-15-6-2-1-3-7-15)21(25)23-13-16-10-11-17(14-24)19-9-5-4-8-18(16)19/h1-11,14,20H,12-13,22H2,(H,23,25)/t20-/m1/s1. The number of carbonyl (C=O) groups is 2. The highest BCUT2D eigenvalue weighted by Gasteiger charge is 2.14. The van der Waals surface area contributed by atoms with Gasteiger partial charge in [-0.2, -0.15) is 0 Å². The van der Waals surface area contributed by atoms with E-state index in [1.807, 2.05) is 60.7 Å². The Kier molecular flexibility index (Phi) is 5.21. The van der Waals surface area contributed by atoms with Crippen LogP contribution in [0.15, 0.2) is 66.7 Å². The molecule has 0 aliphatic heterocycles. The maximum Gasteiger partial charge on any atom is 0.237 e. The van der Waals surface area contributed by atoms with E-state index in [9.17, 15) is 9.59 Å². The van der Waals surface area contributed by atoms with Crippen molar-refractivity contribution in [2.75, 3.05) is 0 Å². The Labute approximate surface area is 146 Å². The Hall–Kier alpha value is -2.98. The number of benzene rings is 3. The maximum absolute atomic E-state index is 12.3. The molecule has 25 heavy (non-hydrogen) atoms. The Bertz CT molecular complexity index is 891. The van der Waals surface area contributed by atoms with E-state index in [1.54, 1.807) is 6.07 Å². The van der Waals surface area contributed by atoms with Crippen molar-refractivity contribution in [1.29, 1.82) is 0 Å². The third-order valence-electron chi connectivity index (χ3n) is 4.26. The minimum Gasteiger partial charge on any atom is -0.351 e. The van der Waals surface area contributed by atoms with Gasteiger partial charge in [0, 0.05) is 12.1 Å². The van der Waals surface area contributed by atoms with Crippen LogP contribution in [0.2, 0.25) is 0 Å². The summed E-state index contributed by atoms with van der Waals surface area (Å²) in [5.74, 6) is -0.188. The summed E-state index contributed by atoms with van der Waals surface area (Å²) in [6, 6.07) is 20.4. The zero-order chi connectivity index (χ0) is 17.6. The number of hydrogen-bond acceptors (Lipinski definition) is 3. The number of carbonyl (C=O) groups excluding carboxylic acids is 2. The molecule has 0 saturated carbocycles. The van der Waals surface area contributed by atoms with Crippen LogP contribution < -0.4 is 11.1 Å². The molecule has 1 atom stereocenters. The Morgan fingerprint density at radius 3 is 2.36 bits per heavy atom. The second-order valence-electron chi connectivity index (χ2n) is 5.99. The van der Waals surface area contributed by atoms with Gasteiger partial charge in [-0.25, -0.2) is 0 Å². The fraction of sp³-hybridized carbons (Fsp3) is 0.143. The van der Waals surface area contributed by atoms with E-state index in [4.69, 9.17) is 5.73 Å². The number of nitrogens with two attached hydrogens (primary N) is 1. The van der Waals surface area contributed by atoms with Crippen molar-refractivity contribution in [3.05, 3.63) is 83.4 Å². The van der Waals surface area contributed by atoms with Crippen LogP contribution in [0.1, 0.15) is 21.5 Å². The molecule has 0 aliphatic carbocycles. The van der Waals surface area contributed by atoms with Gasteiger partial charge in [0.25, 0.3) is 0 Å². The van der Waals surface area contributed by atoms with Crippen LogP contribution in [0.3, 0.4) is 0 Å². The van der Waals surface area contributed by atoms with Crippen molar-refractivity contribution in [3.8, 4) is 0 Å². The van der Waals surface area contributed by atoms with Gasteiger partial charge in [-0.05, 0) is 28.3 Å². The van der Waals surface area contributed by atoms with E-state index in [1.165, 1.54) is 0 Å². The van der Waals surface area contributed by atoms with Gasteiger partial charge in [0.2, 0.25) is 5.91 Å². The molecule has 3 aromatic rings. The first kappa shape index (κ1) is 16.9. The fourth-order valence-electron chi connectivity index (χ4n) is 2.92. The summed E-state index contributed by atoms with van der Waals surface area (Å²) >= 11 is 0. The highest BCUT2D eigenvalue weighted by molar-refractivity contribution is 5.99. The average Bonchev–Trinajstić information content (AvgIpc) is 2.66. The van der Waals surface area contributed by atoms with Crippen molar-refractivity contribution >= 4 is 23.0 Å². The van der Waals surface area contributed by atoms with Gasteiger partial charge in [0.1, 0.15) is 0 Å². The van der Waals surface area contributed by atoms with E-state index < -0.39 is 6.04 Å². The number of hydrogen-bond donors (Lipinski definition) is 2. The molecule has 0 aliphatic rings. The first-order chi connectivity index (χ1) is 12.2. The number of fused-ring (bicyclic) bond motifs is 1. The molecule has 0 saturated heterocycles. The summed E-state index contributed by atoms with van der Waals surface area (Å²) in [6.07, 6.45) is 1.35. The average molecular weight is 332 g/mol. The van der Waals surface area contributed by atoms with Crippen LogP contribution in [0.5, 0.6) is 0 Å². The molecule has 0 heterocycles. The molecule has 0 bridgehead atoms. The highest BCUT2D eigenvalue weighted by atomic mass is 16.2. The largest absolute Gasteiger partial charge is 0.351 e. The lowest BCUT2D eigenvalue weighted by Gasteiger charge is -2.14. The van der Waals surface area contributed by atoms with Crippen LogP contribution in [-0.4, -0.2) is 18.2 Å². The fourth-order valence-corrected chi connectivity index (χ4v) is 2.92. The van der Waals surface area contributed by atoms with Crippen molar-refractivity contribution in [3.63, 3.8) is 0 Å². The predicted octanol–water partition coefficient (Wildman–Crippen LogP) is 2.84. The Morgan fingerprint density at radius 1 is 0.960 bits per heavy atom. The Morgan fingerprint density at radius 2 is 1.64 bits per heavy atom. The van der Waals surface area contributed by atoms with Crippen LogP contribution in [-0.2, 0) is 17.8 Å². The first-order valence-corrected chi connectivity index (χ1v) is 8.22. The molecule has 3 rings (SSSR count). The second-order valence-corrected chi connectivity index (χ2v) is 5.99. The molecule has 0 fully saturated rings. The molecule has 4 heteroatoms. The van der Waals surface area contributed by atoms with Gasteiger partial charge >= 0.3 is 0 Å². The van der Waals surface area contributed by atoms with E-state index >= 15 is 0 Å². The quantitative estimate of drug-likeness (QED) is 0.682. The minimum atomic E-state index is -0.595. The van der Waals surface area contributed by atoms with Crippen molar-refractivity contribution in [1.82, 2.24) is 5.32 Å². The van der Waals surface area contributed by atoms with Crippen molar-refractivity contribution in [2.24, 2.45) is 5.73 Å². The molecular weight excluding hydrogens is 312 g/mol. The second kappa shape index (κ2) is 7.73. The molecule has 4 nitrogen and oxygen atoms in total. The van der Waals surface area contributed by atoms with E-state index in [2.05, 4.69) is 5.32 Å². The van der Waals surface area contributed by atoms with E-state index in [0.717, 1.165) is 28.2 Å². The topological polar surface area (TPSA) is 72.2 Å². The molecule has 0 spiro atoms. The zero-order valence-electron chi connectivity index (χ0n) is 13.8. The first-order valence-electron chi connectivity index (χ1n) is 8.22. The molecule has 0 radical (unpaired) electrons. The van der Waals surface area contributed by atoms with Gasteiger partial charge in [-0.1, -0.05) is 66.7 Å². The lowest BCUT2D eigenvalue weighted by atomic mass is 10.00. The Balaban J connectivity index is 1.70. The van der Waals surface area contributed by atoms with Gasteiger partial charge in [0.15, 0.2) is 6.29 Å². The van der Waals surface area contributed by atoms with Crippen LogP contribution in [0.4, 0.5) is 0 Å². The van der Waals surface area contributed by atoms with Crippen LogP contribution in [0.25, 0.3) is 10.8 Å². The molecule has 1 amide bonds. The smallest absolute Gasteiger partial charge is 0.237 e. The van der Waals surface area contributed by atoms with Gasteiger partial charge in [0.05, 0.1) is 6.04 Å². The zero-order valence-corrected chi connectivity index (χ0v) is 13.8. The molecule has 0 aromatic heterocycles. The summed E-state index contributed by atoms with van der Waals surface area (Å²) in [4.78, 5) is 23.5. The molecule has 3 N–H and O–H groups in total. The van der Waals surface area contributed by atoms with Crippen molar-refractivity contribution < 1.29 is 9.59 Å². The number of aldehydes is 1. The van der Waals surface area contributed by atoms with Gasteiger partial charge < -0.3 is 11.1 Å². The summed E-state index contributed by atoms with van der Waals surface area (Å²) in [6.45, 7) is 0.376. The van der Waals surface area contributed by atoms with Gasteiger partial charge in [-0.3, -0.25) is 9.59 Å². The summed E-state index contributed by atoms with van der Waals surface area (Å²) in [5, 5.41) is 4.75.